The molecule has 1 rings (SSSR count). The summed E-state index contributed by atoms with van der Waals surface area (Å²) < 4.78 is 39.7. The summed E-state index contributed by atoms with van der Waals surface area (Å²) in [6.07, 6.45) is -5.08. The van der Waals surface area contributed by atoms with Crippen LogP contribution in [0.4, 0.5) is 18.9 Å². The lowest BCUT2D eigenvalue weighted by molar-refractivity contribution is -0.276. The molecule has 6 nitrogen and oxygen atoms in total. The minimum atomic E-state index is -5.03. The van der Waals surface area contributed by atoms with E-state index in [2.05, 4.69) is 9.72 Å². The summed E-state index contributed by atoms with van der Waals surface area (Å²) >= 11 is 0. The Morgan fingerprint density at radius 2 is 2.22 bits per heavy atom. The predicted molar refractivity (Wildman–Crippen MR) is 51.4 cm³/mol. The van der Waals surface area contributed by atoms with E-state index in [-0.39, 0.29) is 5.56 Å². The van der Waals surface area contributed by atoms with Crippen molar-refractivity contribution in [2.24, 2.45) is 0 Å². The summed E-state index contributed by atoms with van der Waals surface area (Å²) in [5, 5.41) is 17.2. The molecule has 0 saturated heterocycles. The Hall–Kier alpha value is -2.50. The van der Waals surface area contributed by atoms with Gasteiger partial charge in [0, 0.05) is 5.56 Å². The first-order valence-corrected chi connectivity index (χ1v) is 4.39. The molecule has 0 fully saturated rings. The molecule has 0 bridgehead atoms. The van der Waals surface area contributed by atoms with Crippen molar-refractivity contribution in [3.8, 4) is 11.9 Å². The molecule has 18 heavy (non-hydrogen) atoms. The van der Waals surface area contributed by atoms with Crippen LogP contribution in [0.5, 0.6) is 5.88 Å². The van der Waals surface area contributed by atoms with Gasteiger partial charge >= 0.3 is 12.3 Å². The second-order valence-electron chi connectivity index (χ2n) is 3.10. The van der Waals surface area contributed by atoms with E-state index in [0.717, 1.165) is 6.20 Å². The number of nitriles is 1. The normalized spacial score (nSPS) is 10.8. The number of carboxylic acid groups (broad SMARTS) is 1. The molecule has 9 heteroatoms. The van der Waals surface area contributed by atoms with E-state index < -0.39 is 35.9 Å². The van der Waals surface area contributed by atoms with E-state index in [1.165, 1.54) is 0 Å². The zero-order valence-electron chi connectivity index (χ0n) is 8.65. The number of aliphatic carboxylic acids is 1. The first-order valence-electron chi connectivity index (χ1n) is 4.39. The minimum absolute atomic E-state index is 0.222. The van der Waals surface area contributed by atoms with Crippen molar-refractivity contribution in [1.82, 2.24) is 4.98 Å². The van der Waals surface area contributed by atoms with E-state index >= 15 is 0 Å². The van der Waals surface area contributed by atoms with Crippen molar-refractivity contribution in [1.29, 1.82) is 5.26 Å². The average molecular weight is 261 g/mol. The molecule has 0 radical (unpaired) electrons. The van der Waals surface area contributed by atoms with E-state index in [4.69, 9.17) is 16.1 Å². The predicted octanol–water partition coefficient (Wildman–Crippen LogP) is 1.06. The van der Waals surface area contributed by atoms with Gasteiger partial charge in [-0.2, -0.15) is 5.26 Å². The number of rotatable bonds is 3. The molecule has 0 saturated carbocycles. The highest BCUT2D eigenvalue weighted by molar-refractivity contribution is 5.75. The molecule has 1 aromatic rings. The van der Waals surface area contributed by atoms with E-state index in [0.29, 0.717) is 0 Å². The monoisotopic (exact) mass is 261 g/mol. The highest BCUT2D eigenvalue weighted by Crippen LogP contribution is 2.30. The van der Waals surface area contributed by atoms with E-state index in [1.807, 2.05) is 0 Å². The summed E-state index contributed by atoms with van der Waals surface area (Å²) in [5.41, 5.74) is 4.29. The lowest BCUT2D eigenvalue weighted by atomic mass is 10.1. The Morgan fingerprint density at radius 3 is 2.67 bits per heavy atom. The highest BCUT2D eigenvalue weighted by atomic mass is 19.4. The topological polar surface area (TPSA) is 109 Å². The molecule has 96 valence electrons. The van der Waals surface area contributed by atoms with Gasteiger partial charge in [0.05, 0.1) is 23.9 Å². The fraction of sp³-hybridized carbons (Fsp3) is 0.222. The van der Waals surface area contributed by atoms with Crippen LogP contribution in [0.1, 0.15) is 11.1 Å². The quantitative estimate of drug-likeness (QED) is 0.841. The number of pyridine rings is 1. The van der Waals surface area contributed by atoms with Crippen LogP contribution in [0, 0.1) is 11.3 Å². The summed E-state index contributed by atoms with van der Waals surface area (Å²) in [7, 11) is 0. The molecule has 3 N–H and O–H groups in total. The van der Waals surface area contributed by atoms with Crippen LogP contribution in [0.25, 0.3) is 0 Å². The van der Waals surface area contributed by atoms with Gasteiger partial charge in [-0.15, -0.1) is 13.2 Å². The van der Waals surface area contributed by atoms with Crippen LogP contribution in [0.15, 0.2) is 6.20 Å². The molecule has 1 aromatic heterocycles. The third-order valence-electron chi connectivity index (χ3n) is 1.85. The Labute approximate surface area is 98.4 Å². The number of hydrogen-bond acceptors (Lipinski definition) is 5. The van der Waals surface area contributed by atoms with Gasteiger partial charge in [-0.25, -0.2) is 4.98 Å². The van der Waals surface area contributed by atoms with Crippen molar-refractivity contribution in [2.45, 2.75) is 12.8 Å². The number of alkyl halides is 3. The maximum Gasteiger partial charge on any atom is 0.574 e. The molecule has 0 spiro atoms. The number of anilines is 1. The smallest absolute Gasteiger partial charge is 0.481 e. The maximum absolute atomic E-state index is 12.1. The third kappa shape index (κ3) is 3.24. The summed E-state index contributed by atoms with van der Waals surface area (Å²) in [5.74, 6) is -2.40. The van der Waals surface area contributed by atoms with Gasteiger partial charge in [0.1, 0.15) is 6.07 Å². The van der Waals surface area contributed by atoms with Gasteiger partial charge in [-0.05, 0) is 0 Å². The van der Waals surface area contributed by atoms with Gasteiger partial charge in [0.15, 0.2) is 0 Å². The van der Waals surface area contributed by atoms with Crippen LogP contribution in [0.3, 0.4) is 0 Å². The standard InChI is InChI=1S/C9H6F3N3O3/c10-9(11,12)18-8-5(1-6(16)17)7(14)4(2-13)3-15-8/h3H,1H2,(H2,14,15)(H,16,17). The zero-order chi connectivity index (χ0) is 13.9. The van der Waals surface area contributed by atoms with Gasteiger partial charge in [0.2, 0.25) is 5.88 Å². The van der Waals surface area contributed by atoms with Gasteiger partial charge in [-0.1, -0.05) is 0 Å². The van der Waals surface area contributed by atoms with Crippen molar-refractivity contribution in [3.05, 3.63) is 17.3 Å². The molecule has 0 aliphatic rings. The molecule has 1 heterocycles. The molecule has 0 amide bonds. The molecular formula is C9H6F3N3O3. The summed E-state index contributed by atoms with van der Waals surface area (Å²) in [4.78, 5) is 13.8. The summed E-state index contributed by atoms with van der Waals surface area (Å²) in [6, 6.07) is 1.58. The fourth-order valence-electron chi connectivity index (χ4n) is 1.16. The SMILES string of the molecule is N#Cc1cnc(OC(F)(F)F)c(CC(=O)O)c1N. The number of carbonyl (C=O) groups is 1. The first kappa shape index (κ1) is 13.6. The molecule has 0 aromatic carbocycles. The van der Waals surface area contributed by atoms with Crippen molar-refractivity contribution in [3.63, 3.8) is 0 Å². The lowest BCUT2D eigenvalue weighted by Crippen LogP contribution is -2.20. The number of ether oxygens (including phenoxy) is 1. The van der Waals surface area contributed by atoms with Crippen molar-refractivity contribution < 1.29 is 27.8 Å². The number of carboxylic acids is 1. The minimum Gasteiger partial charge on any atom is -0.481 e. The highest BCUT2D eigenvalue weighted by Gasteiger charge is 2.34. The second kappa shape index (κ2) is 4.79. The van der Waals surface area contributed by atoms with Crippen LogP contribution in [-0.4, -0.2) is 22.4 Å². The van der Waals surface area contributed by atoms with Gasteiger partial charge < -0.3 is 15.6 Å². The maximum atomic E-state index is 12.1. The molecule has 0 aliphatic carbocycles. The number of halogens is 3. The number of aromatic nitrogens is 1. The van der Waals surface area contributed by atoms with Gasteiger partial charge in [0.25, 0.3) is 0 Å². The Morgan fingerprint density at radius 1 is 1.61 bits per heavy atom. The number of hydrogen-bond donors (Lipinski definition) is 2. The molecular weight excluding hydrogens is 255 g/mol. The lowest BCUT2D eigenvalue weighted by Gasteiger charge is -2.13. The fourth-order valence-corrected chi connectivity index (χ4v) is 1.16. The van der Waals surface area contributed by atoms with Crippen LogP contribution in [-0.2, 0) is 11.2 Å². The van der Waals surface area contributed by atoms with Crippen LogP contribution >= 0.6 is 0 Å². The second-order valence-corrected chi connectivity index (χ2v) is 3.10. The Balaban J connectivity index is 3.30. The van der Waals surface area contributed by atoms with Crippen LogP contribution in [0.2, 0.25) is 0 Å². The summed E-state index contributed by atoms with van der Waals surface area (Å²) in [6.45, 7) is 0. The zero-order valence-corrected chi connectivity index (χ0v) is 8.65. The Bertz CT molecular complexity index is 522. The van der Waals surface area contributed by atoms with Crippen LogP contribution < -0.4 is 10.5 Å². The van der Waals surface area contributed by atoms with Crippen molar-refractivity contribution >= 4 is 11.7 Å². The number of nitrogens with zero attached hydrogens (tertiary/aromatic N) is 2. The third-order valence-corrected chi connectivity index (χ3v) is 1.85. The van der Waals surface area contributed by atoms with Crippen molar-refractivity contribution in [2.75, 3.05) is 5.73 Å². The molecule has 0 aliphatic heterocycles. The van der Waals surface area contributed by atoms with E-state index in [9.17, 15) is 18.0 Å². The Kier molecular flexibility index (Phi) is 3.61. The first-order chi connectivity index (χ1) is 8.24. The number of nitrogens with two attached hydrogens (primary N) is 1. The molecule has 0 atom stereocenters. The number of nitrogen functional groups attached to an aromatic ring is 1. The average Bonchev–Trinajstić information content (AvgIpc) is 2.21. The largest absolute Gasteiger partial charge is 0.574 e. The van der Waals surface area contributed by atoms with Gasteiger partial charge in [-0.3, -0.25) is 4.79 Å². The molecule has 0 unspecified atom stereocenters. The van der Waals surface area contributed by atoms with E-state index in [1.54, 1.807) is 6.07 Å².